The molecule has 3 rings (SSSR count). The quantitative estimate of drug-likeness (QED) is 0.865. The van der Waals surface area contributed by atoms with E-state index in [0.717, 1.165) is 31.1 Å². The average Bonchev–Trinajstić information content (AvgIpc) is 2.84. The lowest BCUT2D eigenvalue weighted by molar-refractivity contribution is 0.164. The second-order valence-electron chi connectivity index (χ2n) is 6.20. The van der Waals surface area contributed by atoms with Gasteiger partial charge in [-0.15, -0.1) is 0 Å². The Bertz CT molecular complexity index is 590. The van der Waals surface area contributed by atoms with E-state index in [2.05, 4.69) is 46.2 Å². The van der Waals surface area contributed by atoms with Gasteiger partial charge in [0.25, 0.3) is 0 Å². The van der Waals surface area contributed by atoms with Gasteiger partial charge in [0, 0.05) is 37.7 Å². The van der Waals surface area contributed by atoms with Crippen LogP contribution >= 0.6 is 0 Å². The van der Waals surface area contributed by atoms with Crippen LogP contribution in [-0.4, -0.2) is 32.8 Å². The Balaban J connectivity index is 1.58. The largest absolute Gasteiger partial charge is 0.297 e. The summed E-state index contributed by atoms with van der Waals surface area (Å²) in [5.41, 5.74) is 3.53. The summed E-state index contributed by atoms with van der Waals surface area (Å²) < 4.78 is 1.88. The first-order valence-corrected chi connectivity index (χ1v) is 7.82. The normalized spacial score (nSPS) is 19.8. The highest BCUT2D eigenvalue weighted by Crippen LogP contribution is 2.21. The number of aromatic nitrogens is 3. The third kappa shape index (κ3) is 3.91. The lowest BCUT2D eigenvalue weighted by Gasteiger charge is -2.32. The molecule has 0 bridgehead atoms. The number of aryl methyl sites for hydroxylation is 2. The molecule has 0 N–H and O–H groups in total. The van der Waals surface area contributed by atoms with E-state index in [0.29, 0.717) is 0 Å². The topological polar surface area (TPSA) is 34.0 Å². The van der Waals surface area contributed by atoms with Crippen molar-refractivity contribution in [3.8, 4) is 0 Å². The van der Waals surface area contributed by atoms with Gasteiger partial charge in [-0.1, -0.05) is 6.07 Å². The van der Waals surface area contributed by atoms with Crippen molar-refractivity contribution < 1.29 is 0 Å². The van der Waals surface area contributed by atoms with E-state index in [1.165, 1.54) is 30.8 Å². The second kappa shape index (κ2) is 6.39. The van der Waals surface area contributed by atoms with Gasteiger partial charge >= 0.3 is 0 Å². The summed E-state index contributed by atoms with van der Waals surface area (Å²) in [6.45, 7) is 5.39. The minimum Gasteiger partial charge on any atom is -0.297 e. The number of piperidine rings is 1. The van der Waals surface area contributed by atoms with Crippen LogP contribution in [0.3, 0.4) is 0 Å². The van der Waals surface area contributed by atoms with Gasteiger partial charge in [-0.3, -0.25) is 14.6 Å². The lowest BCUT2D eigenvalue weighted by atomic mass is 9.93. The predicted molar refractivity (Wildman–Crippen MR) is 83.9 cm³/mol. The molecular weight excluding hydrogens is 260 g/mol. The molecular formula is C17H24N4. The maximum absolute atomic E-state index is 4.65. The van der Waals surface area contributed by atoms with Gasteiger partial charge in [0.15, 0.2) is 0 Å². The molecule has 1 fully saturated rings. The van der Waals surface area contributed by atoms with Gasteiger partial charge in [-0.25, -0.2) is 0 Å². The van der Waals surface area contributed by atoms with Crippen LogP contribution in [0.1, 0.15) is 29.9 Å². The molecule has 2 aromatic rings. The smallest absolute Gasteiger partial charge is 0.0764 e. The number of hydrogen-bond donors (Lipinski definition) is 0. The predicted octanol–water partition coefficient (Wildman–Crippen LogP) is 2.58. The van der Waals surface area contributed by atoms with Crippen LogP contribution in [0.4, 0.5) is 0 Å². The fraction of sp³-hybridized carbons (Fsp3) is 0.529. The first kappa shape index (κ1) is 14.3. The fourth-order valence-electron chi connectivity index (χ4n) is 3.25. The third-order valence-corrected chi connectivity index (χ3v) is 4.20. The Morgan fingerprint density at radius 1 is 1.24 bits per heavy atom. The van der Waals surface area contributed by atoms with Crippen molar-refractivity contribution in [1.82, 2.24) is 19.7 Å². The molecule has 0 aromatic carbocycles. The molecule has 0 spiro atoms. The molecule has 3 heterocycles. The summed E-state index contributed by atoms with van der Waals surface area (Å²) in [6, 6.07) is 8.46. The number of hydrogen-bond acceptors (Lipinski definition) is 3. The fourth-order valence-corrected chi connectivity index (χ4v) is 3.25. The molecule has 0 aliphatic carbocycles. The Morgan fingerprint density at radius 3 is 2.90 bits per heavy atom. The molecule has 1 atom stereocenters. The molecule has 4 nitrogen and oxygen atoms in total. The summed E-state index contributed by atoms with van der Waals surface area (Å²) in [4.78, 5) is 7.18. The molecule has 0 amide bonds. The van der Waals surface area contributed by atoms with Crippen molar-refractivity contribution in [3.05, 3.63) is 47.5 Å². The number of likely N-dealkylation sites (tertiary alicyclic amines) is 1. The molecule has 1 aliphatic heterocycles. The van der Waals surface area contributed by atoms with E-state index in [1.54, 1.807) is 0 Å². The van der Waals surface area contributed by atoms with Gasteiger partial charge in [0.2, 0.25) is 0 Å². The molecule has 0 unspecified atom stereocenters. The molecule has 1 saturated heterocycles. The summed E-state index contributed by atoms with van der Waals surface area (Å²) in [7, 11) is 1.98. The minimum absolute atomic E-state index is 0.719. The standard InChI is InChI=1S/C17H24N4/c1-14-5-3-7-16(18-14)11-15-6-4-9-21(12-15)13-17-8-10-20(2)19-17/h3,5,7-8,10,15H,4,6,9,11-13H2,1-2H3/t15-/m0/s1. The van der Waals surface area contributed by atoms with E-state index in [9.17, 15) is 0 Å². The van der Waals surface area contributed by atoms with Crippen molar-refractivity contribution in [2.24, 2.45) is 13.0 Å². The van der Waals surface area contributed by atoms with Gasteiger partial charge < -0.3 is 0 Å². The highest BCUT2D eigenvalue weighted by Gasteiger charge is 2.21. The maximum atomic E-state index is 4.65. The third-order valence-electron chi connectivity index (χ3n) is 4.20. The second-order valence-corrected chi connectivity index (χ2v) is 6.20. The average molecular weight is 284 g/mol. The Kier molecular flexibility index (Phi) is 4.34. The van der Waals surface area contributed by atoms with Gasteiger partial charge in [-0.05, 0) is 56.8 Å². The monoisotopic (exact) mass is 284 g/mol. The highest BCUT2D eigenvalue weighted by atomic mass is 15.3. The number of nitrogens with zero attached hydrogens (tertiary/aromatic N) is 4. The van der Waals surface area contributed by atoms with Crippen LogP contribution in [0.5, 0.6) is 0 Å². The molecule has 21 heavy (non-hydrogen) atoms. The summed E-state index contributed by atoms with van der Waals surface area (Å²) in [5, 5.41) is 4.49. The molecule has 0 radical (unpaired) electrons. The molecule has 2 aromatic heterocycles. The molecule has 112 valence electrons. The van der Waals surface area contributed by atoms with Crippen LogP contribution < -0.4 is 0 Å². The number of pyridine rings is 1. The molecule has 0 saturated carbocycles. The molecule has 4 heteroatoms. The van der Waals surface area contributed by atoms with Crippen LogP contribution in [0, 0.1) is 12.8 Å². The zero-order chi connectivity index (χ0) is 14.7. The van der Waals surface area contributed by atoms with Crippen molar-refractivity contribution in [2.45, 2.75) is 32.7 Å². The van der Waals surface area contributed by atoms with Crippen LogP contribution in [0.15, 0.2) is 30.5 Å². The van der Waals surface area contributed by atoms with Crippen LogP contribution in [0.25, 0.3) is 0 Å². The van der Waals surface area contributed by atoms with E-state index >= 15 is 0 Å². The van der Waals surface area contributed by atoms with E-state index in [-0.39, 0.29) is 0 Å². The van der Waals surface area contributed by atoms with E-state index < -0.39 is 0 Å². The lowest BCUT2D eigenvalue weighted by Crippen LogP contribution is -2.36. The Morgan fingerprint density at radius 2 is 2.14 bits per heavy atom. The maximum Gasteiger partial charge on any atom is 0.0764 e. The van der Waals surface area contributed by atoms with Crippen molar-refractivity contribution in [2.75, 3.05) is 13.1 Å². The summed E-state index contributed by atoms with van der Waals surface area (Å²) >= 11 is 0. The van der Waals surface area contributed by atoms with Crippen LogP contribution in [-0.2, 0) is 20.0 Å². The Hall–Kier alpha value is -1.68. The molecule has 1 aliphatic rings. The van der Waals surface area contributed by atoms with E-state index in [1.807, 2.05) is 17.9 Å². The number of rotatable bonds is 4. The minimum atomic E-state index is 0.719. The van der Waals surface area contributed by atoms with Crippen LogP contribution in [0.2, 0.25) is 0 Å². The van der Waals surface area contributed by atoms with Crippen molar-refractivity contribution >= 4 is 0 Å². The van der Waals surface area contributed by atoms with Crippen molar-refractivity contribution in [3.63, 3.8) is 0 Å². The first-order chi connectivity index (χ1) is 10.2. The first-order valence-electron chi connectivity index (χ1n) is 7.82. The van der Waals surface area contributed by atoms with Gasteiger partial charge in [-0.2, -0.15) is 5.10 Å². The summed E-state index contributed by atoms with van der Waals surface area (Å²) in [5.74, 6) is 0.719. The highest BCUT2D eigenvalue weighted by molar-refractivity contribution is 5.10. The van der Waals surface area contributed by atoms with Crippen molar-refractivity contribution in [1.29, 1.82) is 0 Å². The van der Waals surface area contributed by atoms with Gasteiger partial charge in [0.1, 0.15) is 0 Å². The zero-order valence-corrected chi connectivity index (χ0v) is 13.0. The van der Waals surface area contributed by atoms with E-state index in [4.69, 9.17) is 0 Å². The van der Waals surface area contributed by atoms with Gasteiger partial charge in [0.05, 0.1) is 5.69 Å². The Labute approximate surface area is 126 Å². The zero-order valence-electron chi connectivity index (χ0n) is 13.0. The SMILES string of the molecule is Cc1cccc(C[C@@H]2CCCN(Cc3ccn(C)n3)C2)n1. The summed E-state index contributed by atoms with van der Waals surface area (Å²) in [6.07, 6.45) is 5.71.